The van der Waals surface area contributed by atoms with Gasteiger partial charge in [0.1, 0.15) is 4.21 Å². The molecule has 0 fully saturated rings. The standard InChI is InChI=1S/C18H13Cl2N3O5S4/c1-23-16-5-4-10(7-11(16)18(24)30-23)31(25,26)21-14-8-12(19)13(20)9-15(14)22-32(27,28)17-3-2-6-29-17/h2-9,21-22H,1H3. The highest BCUT2D eigenvalue weighted by Gasteiger charge is 2.23. The molecule has 32 heavy (non-hydrogen) atoms. The van der Waals surface area contributed by atoms with Gasteiger partial charge in [-0.3, -0.25) is 18.2 Å². The first-order valence-corrected chi connectivity index (χ1v) is 14.0. The summed E-state index contributed by atoms with van der Waals surface area (Å²) in [6.07, 6.45) is 0. The highest BCUT2D eigenvalue weighted by atomic mass is 35.5. The van der Waals surface area contributed by atoms with Crippen LogP contribution in [0.5, 0.6) is 0 Å². The van der Waals surface area contributed by atoms with E-state index in [9.17, 15) is 21.6 Å². The summed E-state index contributed by atoms with van der Waals surface area (Å²) in [5.74, 6) is 0. The zero-order valence-electron chi connectivity index (χ0n) is 16.0. The molecular weight excluding hydrogens is 537 g/mol. The van der Waals surface area contributed by atoms with Gasteiger partial charge in [0.05, 0.1) is 37.2 Å². The van der Waals surface area contributed by atoms with E-state index in [-0.39, 0.29) is 40.7 Å². The van der Waals surface area contributed by atoms with Crippen molar-refractivity contribution < 1.29 is 16.8 Å². The highest BCUT2D eigenvalue weighted by Crippen LogP contribution is 2.35. The van der Waals surface area contributed by atoms with E-state index in [0.29, 0.717) is 5.52 Å². The Morgan fingerprint density at radius 1 is 0.906 bits per heavy atom. The summed E-state index contributed by atoms with van der Waals surface area (Å²) in [6.45, 7) is 0. The van der Waals surface area contributed by atoms with Crippen LogP contribution in [-0.4, -0.2) is 20.8 Å². The summed E-state index contributed by atoms with van der Waals surface area (Å²) in [5, 5.41) is 1.90. The summed E-state index contributed by atoms with van der Waals surface area (Å²) in [4.78, 5) is 11.9. The second kappa shape index (κ2) is 8.36. The number of nitrogens with zero attached hydrogens (tertiary/aromatic N) is 1. The predicted molar refractivity (Wildman–Crippen MR) is 129 cm³/mol. The molecule has 0 aliphatic carbocycles. The Morgan fingerprint density at radius 3 is 2.12 bits per heavy atom. The molecule has 0 saturated heterocycles. The molecule has 4 rings (SSSR count). The van der Waals surface area contributed by atoms with Crippen molar-refractivity contribution in [3.8, 4) is 0 Å². The van der Waals surface area contributed by atoms with Crippen molar-refractivity contribution in [3.63, 3.8) is 0 Å². The molecule has 2 aromatic carbocycles. The minimum Gasteiger partial charge on any atom is -0.297 e. The minimum absolute atomic E-state index is 0.0191. The molecular formula is C18H13Cl2N3O5S4. The Morgan fingerprint density at radius 2 is 1.53 bits per heavy atom. The topological polar surface area (TPSA) is 114 Å². The second-order valence-electron chi connectivity index (χ2n) is 6.51. The zero-order valence-corrected chi connectivity index (χ0v) is 20.8. The summed E-state index contributed by atoms with van der Waals surface area (Å²) >= 11 is 14.0. The summed E-state index contributed by atoms with van der Waals surface area (Å²) in [7, 11) is -6.49. The van der Waals surface area contributed by atoms with E-state index in [2.05, 4.69) is 9.44 Å². The fraction of sp³-hybridized carbons (Fsp3) is 0.0556. The van der Waals surface area contributed by atoms with Gasteiger partial charge in [-0.05, 0) is 53.3 Å². The van der Waals surface area contributed by atoms with Gasteiger partial charge in [-0.15, -0.1) is 11.3 Å². The molecule has 14 heteroatoms. The van der Waals surface area contributed by atoms with E-state index in [4.69, 9.17) is 23.2 Å². The number of nitrogens with one attached hydrogen (secondary N) is 2. The maximum Gasteiger partial charge on any atom is 0.271 e. The van der Waals surface area contributed by atoms with Gasteiger partial charge in [-0.2, -0.15) is 0 Å². The van der Waals surface area contributed by atoms with Gasteiger partial charge in [0, 0.05) is 7.05 Å². The first kappa shape index (κ1) is 23.1. The van der Waals surface area contributed by atoms with Crippen LogP contribution in [0, 0.1) is 0 Å². The lowest BCUT2D eigenvalue weighted by atomic mass is 10.2. The molecule has 2 aromatic heterocycles. The van der Waals surface area contributed by atoms with Gasteiger partial charge in [0.25, 0.3) is 24.8 Å². The predicted octanol–water partition coefficient (Wildman–Crippen LogP) is 4.57. The van der Waals surface area contributed by atoms with Gasteiger partial charge in [-0.1, -0.05) is 29.3 Å². The van der Waals surface area contributed by atoms with Crippen LogP contribution in [-0.2, 0) is 27.1 Å². The summed E-state index contributed by atoms with van der Waals surface area (Å²) in [5.41, 5.74) is 0.361. The van der Waals surface area contributed by atoms with E-state index in [1.54, 1.807) is 22.5 Å². The lowest BCUT2D eigenvalue weighted by molar-refractivity contribution is 0.599. The van der Waals surface area contributed by atoms with Crippen LogP contribution in [0.2, 0.25) is 10.0 Å². The average Bonchev–Trinajstić information content (AvgIpc) is 3.35. The molecule has 0 unspecified atom stereocenters. The molecule has 8 nitrogen and oxygen atoms in total. The third kappa shape index (κ3) is 4.38. The van der Waals surface area contributed by atoms with Gasteiger partial charge in [0.2, 0.25) is 0 Å². The monoisotopic (exact) mass is 549 g/mol. The number of aromatic nitrogens is 1. The maximum absolute atomic E-state index is 13.0. The first-order valence-electron chi connectivity index (χ1n) is 8.66. The molecule has 2 heterocycles. The molecule has 2 N–H and O–H groups in total. The zero-order chi connectivity index (χ0) is 23.3. The molecule has 0 saturated carbocycles. The molecule has 0 radical (unpaired) electrons. The van der Waals surface area contributed by atoms with Gasteiger partial charge >= 0.3 is 0 Å². The van der Waals surface area contributed by atoms with Crippen molar-refractivity contribution in [2.45, 2.75) is 9.10 Å². The molecule has 0 aliphatic rings. The number of fused-ring (bicyclic) bond motifs is 1. The summed E-state index contributed by atoms with van der Waals surface area (Å²) < 4.78 is 57.4. The third-order valence-corrected chi connectivity index (χ3v) is 10.1. The van der Waals surface area contributed by atoms with E-state index < -0.39 is 20.0 Å². The number of benzene rings is 2. The molecule has 0 spiro atoms. The number of aryl methyl sites for hydroxylation is 1. The largest absolute Gasteiger partial charge is 0.297 e. The van der Waals surface area contributed by atoms with Crippen LogP contribution >= 0.6 is 46.1 Å². The molecule has 0 bridgehead atoms. The number of rotatable bonds is 6. The quantitative estimate of drug-likeness (QED) is 0.365. The van der Waals surface area contributed by atoms with Crippen molar-refractivity contribution in [3.05, 3.63) is 67.4 Å². The smallest absolute Gasteiger partial charge is 0.271 e. The molecule has 0 atom stereocenters. The van der Waals surface area contributed by atoms with Gasteiger partial charge in [-0.25, -0.2) is 16.8 Å². The van der Waals surface area contributed by atoms with E-state index in [1.807, 2.05) is 0 Å². The van der Waals surface area contributed by atoms with Crippen LogP contribution in [0.4, 0.5) is 11.4 Å². The average molecular weight is 550 g/mol. The fourth-order valence-corrected chi connectivity index (χ4v) is 7.13. The fourth-order valence-electron chi connectivity index (χ4n) is 2.87. The molecule has 0 amide bonds. The molecule has 4 aromatic rings. The first-order chi connectivity index (χ1) is 15.0. The van der Waals surface area contributed by atoms with Crippen molar-refractivity contribution in [1.29, 1.82) is 0 Å². The van der Waals surface area contributed by atoms with Crippen LogP contribution in [0.3, 0.4) is 0 Å². The van der Waals surface area contributed by atoms with E-state index in [1.165, 1.54) is 36.4 Å². The Bertz CT molecular complexity index is 1610. The Labute approximate surface area is 201 Å². The number of hydrogen-bond acceptors (Lipinski definition) is 7. The minimum atomic E-state index is -4.20. The maximum atomic E-state index is 13.0. The number of thiophene rings is 1. The third-order valence-electron chi connectivity index (χ3n) is 4.37. The summed E-state index contributed by atoms with van der Waals surface area (Å²) in [6, 6.07) is 9.54. The van der Waals surface area contributed by atoms with Crippen molar-refractivity contribution in [1.82, 2.24) is 3.96 Å². The lowest BCUT2D eigenvalue weighted by Crippen LogP contribution is -2.17. The van der Waals surface area contributed by atoms with Crippen molar-refractivity contribution in [2.24, 2.45) is 7.05 Å². The Hall–Kier alpha value is -2.09. The second-order valence-corrected chi connectivity index (χ2v) is 13.0. The number of sulfonamides is 2. The molecule has 0 aliphatic heterocycles. The number of anilines is 2. The number of hydrogen-bond donors (Lipinski definition) is 2. The highest BCUT2D eigenvalue weighted by molar-refractivity contribution is 7.94. The van der Waals surface area contributed by atoms with E-state index in [0.717, 1.165) is 22.9 Å². The van der Waals surface area contributed by atoms with Crippen LogP contribution in [0.1, 0.15) is 0 Å². The molecule has 168 valence electrons. The van der Waals surface area contributed by atoms with Gasteiger partial charge in [0.15, 0.2) is 0 Å². The van der Waals surface area contributed by atoms with Crippen LogP contribution in [0.15, 0.2) is 61.7 Å². The van der Waals surface area contributed by atoms with Crippen molar-refractivity contribution >= 4 is 88.4 Å². The SMILES string of the molecule is Cn1sc(=O)c2cc(S(=O)(=O)Nc3cc(Cl)c(Cl)cc3NS(=O)(=O)c3cccs3)ccc21. The lowest BCUT2D eigenvalue weighted by Gasteiger charge is -2.15. The Balaban J connectivity index is 1.76. The van der Waals surface area contributed by atoms with Crippen LogP contribution in [0.25, 0.3) is 10.9 Å². The van der Waals surface area contributed by atoms with Crippen LogP contribution < -0.4 is 14.2 Å². The van der Waals surface area contributed by atoms with Gasteiger partial charge < -0.3 is 0 Å². The van der Waals surface area contributed by atoms with Crippen molar-refractivity contribution in [2.75, 3.05) is 9.44 Å². The number of halogens is 2. The Kier molecular flexibility index (Phi) is 6.03. The normalized spacial score (nSPS) is 12.2. The van der Waals surface area contributed by atoms with E-state index >= 15 is 0 Å².